The summed E-state index contributed by atoms with van der Waals surface area (Å²) in [6.45, 7) is 5.39. The van der Waals surface area contributed by atoms with Crippen LogP contribution in [0.5, 0.6) is 0 Å². The van der Waals surface area contributed by atoms with E-state index >= 15 is 0 Å². The van der Waals surface area contributed by atoms with Crippen LogP contribution in [0.15, 0.2) is 30.3 Å². The third-order valence-electron chi connectivity index (χ3n) is 3.54. The molecule has 5 heteroatoms. The average molecular weight is 304 g/mol. The Labute approximate surface area is 131 Å². The van der Waals surface area contributed by atoms with Crippen molar-refractivity contribution < 1.29 is 14.3 Å². The summed E-state index contributed by atoms with van der Waals surface area (Å²) in [5, 5.41) is 3.04. The first kappa shape index (κ1) is 16.3. The summed E-state index contributed by atoms with van der Waals surface area (Å²) < 4.78 is 5.24. The molecule has 1 aromatic rings. The highest BCUT2D eigenvalue weighted by Crippen LogP contribution is 2.45. The molecule has 2 amide bonds. The first-order valence-corrected chi connectivity index (χ1v) is 7.52. The van der Waals surface area contributed by atoms with Gasteiger partial charge in [0.15, 0.2) is 0 Å². The maximum absolute atomic E-state index is 12.2. The van der Waals surface area contributed by atoms with Crippen LogP contribution >= 0.6 is 0 Å². The van der Waals surface area contributed by atoms with Gasteiger partial charge in [0.1, 0.15) is 12.1 Å². The maximum atomic E-state index is 12.2. The predicted molar refractivity (Wildman–Crippen MR) is 84.4 cm³/mol. The monoisotopic (exact) mass is 304 g/mol. The van der Waals surface area contributed by atoms with Gasteiger partial charge in [0, 0.05) is 7.05 Å². The van der Waals surface area contributed by atoms with Crippen molar-refractivity contribution >= 4 is 12.0 Å². The van der Waals surface area contributed by atoms with E-state index in [0.717, 1.165) is 18.4 Å². The molecule has 0 spiro atoms. The summed E-state index contributed by atoms with van der Waals surface area (Å²) in [4.78, 5) is 25.4. The van der Waals surface area contributed by atoms with Gasteiger partial charge in [-0.25, -0.2) is 4.79 Å². The van der Waals surface area contributed by atoms with Crippen LogP contribution < -0.4 is 5.32 Å². The van der Waals surface area contributed by atoms with Crippen LogP contribution in [0.2, 0.25) is 0 Å². The highest BCUT2D eigenvalue weighted by molar-refractivity contribution is 5.83. The second kappa shape index (κ2) is 5.99. The van der Waals surface area contributed by atoms with Crippen molar-refractivity contribution in [3.63, 3.8) is 0 Å². The molecule has 0 heterocycles. The molecule has 22 heavy (non-hydrogen) atoms. The molecule has 5 nitrogen and oxygen atoms in total. The van der Waals surface area contributed by atoms with Gasteiger partial charge >= 0.3 is 6.09 Å². The van der Waals surface area contributed by atoms with Crippen molar-refractivity contribution in [2.45, 2.75) is 44.8 Å². The molecule has 1 aromatic carbocycles. The van der Waals surface area contributed by atoms with Crippen LogP contribution in [-0.2, 0) is 15.1 Å². The zero-order valence-electron chi connectivity index (χ0n) is 13.7. The first-order valence-electron chi connectivity index (χ1n) is 7.52. The third kappa shape index (κ3) is 4.23. The molecule has 0 unspecified atom stereocenters. The third-order valence-corrected chi connectivity index (χ3v) is 3.54. The van der Waals surface area contributed by atoms with Crippen molar-refractivity contribution in [2.75, 3.05) is 13.6 Å². The number of nitrogens with zero attached hydrogens (tertiary/aromatic N) is 1. The largest absolute Gasteiger partial charge is 0.444 e. The number of carbonyl (C=O) groups excluding carboxylic acids is 2. The second-order valence-corrected chi connectivity index (χ2v) is 6.83. The number of benzene rings is 1. The summed E-state index contributed by atoms with van der Waals surface area (Å²) in [6, 6.07) is 9.93. The van der Waals surface area contributed by atoms with E-state index in [4.69, 9.17) is 4.74 Å². The van der Waals surface area contributed by atoms with Gasteiger partial charge in [-0.3, -0.25) is 4.79 Å². The number of hydrogen-bond donors (Lipinski definition) is 1. The van der Waals surface area contributed by atoms with Crippen LogP contribution in [-0.4, -0.2) is 36.1 Å². The second-order valence-electron chi connectivity index (χ2n) is 6.83. The van der Waals surface area contributed by atoms with Crippen LogP contribution in [0.4, 0.5) is 4.79 Å². The molecule has 1 N–H and O–H groups in total. The lowest BCUT2D eigenvalue weighted by molar-refractivity contribution is -0.123. The topological polar surface area (TPSA) is 58.6 Å². The van der Waals surface area contributed by atoms with Gasteiger partial charge in [0.05, 0.1) is 5.54 Å². The van der Waals surface area contributed by atoms with E-state index in [0.29, 0.717) is 0 Å². The minimum atomic E-state index is -0.566. The summed E-state index contributed by atoms with van der Waals surface area (Å²) in [7, 11) is 1.57. The molecule has 1 aliphatic rings. The van der Waals surface area contributed by atoms with E-state index in [1.807, 2.05) is 30.3 Å². The Hall–Kier alpha value is -2.04. The standard InChI is InChI=1S/C17H24N2O3/c1-16(2,3)22-15(21)19(4)12-14(20)18-17(10-11-17)13-8-6-5-7-9-13/h5-9H,10-12H2,1-4H3,(H,18,20). The van der Waals surface area contributed by atoms with Crippen LogP contribution in [0.25, 0.3) is 0 Å². The van der Waals surface area contributed by atoms with Crippen molar-refractivity contribution in [1.29, 1.82) is 0 Å². The molecular formula is C17H24N2O3. The summed E-state index contributed by atoms with van der Waals surface area (Å²) >= 11 is 0. The molecule has 0 bridgehead atoms. The minimum Gasteiger partial charge on any atom is -0.444 e. The molecule has 1 aliphatic carbocycles. The zero-order chi connectivity index (χ0) is 16.4. The molecule has 0 saturated heterocycles. The van der Waals surface area contributed by atoms with Crippen molar-refractivity contribution in [1.82, 2.24) is 10.2 Å². The van der Waals surface area contributed by atoms with E-state index in [1.54, 1.807) is 27.8 Å². The van der Waals surface area contributed by atoms with E-state index in [-0.39, 0.29) is 18.0 Å². The fourth-order valence-corrected chi connectivity index (χ4v) is 2.29. The Morgan fingerprint density at radius 1 is 1.23 bits per heavy atom. The average Bonchev–Trinajstić information content (AvgIpc) is 3.18. The van der Waals surface area contributed by atoms with Crippen LogP contribution in [0.3, 0.4) is 0 Å². The van der Waals surface area contributed by atoms with Crippen LogP contribution in [0.1, 0.15) is 39.2 Å². The fraction of sp³-hybridized carbons (Fsp3) is 0.529. The molecule has 1 saturated carbocycles. The smallest absolute Gasteiger partial charge is 0.410 e. The van der Waals surface area contributed by atoms with Gasteiger partial charge in [-0.05, 0) is 39.2 Å². The highest BCUT2D eigenvalue weighted by atomic mass is 16.6. The fourth-order valence-electron chi connectivity index (χ4n) is 2.29. The molecule has 0 atom stereocenters. The summed E-state index contributed by atoms with van der Waals surface area (Å²) in [5.74, 6) is -0.172. The maximum Gasteiger partial charge on any atom is 0.410 e. The Balaban J connectivity index is 1.90. The van der Waals surface area contributed by atoms with Crippen molar-refractivity contribution in [3.05, 3.63) is 35.9 Å². The molecule has 2 rings (SSSR count). The lowest BCUT2D eigenvalue weighted by Crippen LogP contribution is -2.44. The summed E-state index contributed by atoms with van der Waals surface area (Å²) in [6.07, 6.45) is 1.37. The number of carbonyl (C=O) groups is 2. The van der Waals surface area contributed by atoms with Gasteiger partial charge in [0.2, 0.25) is 5.91 Å². The summed E-state index contributed by atoms with van der Waals surface area (Å²) in [5.41, 5.74) is 0.291. The number of rotatable bonds is 4. The lowest BCUT2D eigenvalue weighted by atomic mass is 10.1. The van der Waals surface area contributed by atoms with Gasteiger partial charge in [0.25, 0.3) is 0 Å². The number of nitrogens with one attached hydrogen (secondary N) is 1. The zero-order valence-corrected chi connectivity index (χ0v) is 13.7. The normalized spacial score (nSPS) is 15.8. The number of hydrogen-bond acceptors (Lipinski definition) is 3. The molecule has 1 fully saturated rings. The number of ether oxygens (including phenoxy) is 1. The first-order chi connectivity index (χ1) is 10.2. The van der Waals surface area contributed by atoms with E-state index in [1.165, 1.54) is 4.90 Å². The van der Waals surface area contributed by atoms with Gasteiger partial charge in [-0.1, -0.05) is 30.3 Å². The van der Waals surface area contributed by atoms with Gasteiger partial charge < -0.3 is 15.0 Å². The number of likely N-dealkylation sites (N-methyl/N-ethyl adjacent to an activating group) is 1. The van der Waals surface area contributed by atoms with E-state index < -0.39 is 11.7 Å². The highest BCUT2D eigenvalue weighted by Gasteiger charge is 2.45. The molecule has 0 radical (unpaired) electrons. The number of amides is 2. The Kier molecular flexibility index (Phi) is 4.44. The van der Waals surface area contributed by atoms with E-state index in [9.17, 15) is 9.59 Å². The Morgan fingerprint density at radius 2 is 1.82 bits per heavy atom. The Morgan fingerprint density at radius 3 is 2.32 bits per heavy atom. The van der Waals surface area contributed by atoms with Crippen molar-refractivity contribution in [2.24, 2.45) is 0 Å². The Bertz CT molecular complexity index is 545. The molecule has 0 aliphatic heterocycles. The predicted octanol–water partition coefficient (Wildman–Crippen LogP) is 2.66. The van der Waals surface area contributed by atoms with Crippen molar-refractivity contribution in [3.8, 4) is 0 Å². The van der Waals surface area contributed by atoms with E-state index in [2.05, 4.69) is 5.32 Å². The molecule has 120 valence electrons. The molecule has 0 aromatic heterocycles. The minimum absolute atomic E-state index is 0.0104. The SMILES string of the molecule is CN(CC(=O)NC1(c2ccccc2)CC1)C(=O)OC(C)(C)C. The van der Waals surface area contributed by atoms with Gasteiger partial charge in [-0.2, -0.15) is 0 Å². The lowest BCUT2D eigenvalue weighted by Gasteiger charge is -2.25. The molecular weight excluding hydrogens is 280 g/mol. The van der Waals surface area contributed by atoms with Crippen LogP contribution in [0, 0.1) is 0 Å². The quantitative estimate of drug-likeness (QED) is 0.930. The van der Waals surface area contributed by atoms with Gasteiger partial charge in [-0.15, -0.1) is 0 Å².